The van der Waals surface area contributed by atoms with Crippen LogP contribution in [0, 0.1) is 30.9 Å². The second-order valence-corrected chi connectivity index (χ2v) is 6.50. The topological polar surface area (TPSA) is 127 Å². The average Bonchev–Trinajstić information content (AvgIpc) is 3.04. The number of rotatable bonds is 4. The predicted molar refractivity (Wildman–Crippen MR) is 104 cm³/mol. The van der Waals surface area contributed by atoms with Crippen LogP contribution >= 0.6 is 0 Å². The number of nitrogens with zero attached hydrogens (tertiary/aromatic N) is 2. The van der Waals surface area contributed by atoms with Gasteiger partial charge in [-0.05, 0) is 44.5 Å². The molecule has 0 aliphatic heterocycles. The third-order valence-electron chi connectivity index (χ3n) is 4.10. The van der Waals surface area contributed by atoms with Gasteiger partial charge in [-0.1, -0.05) is 17.2 Å². The largest absolute Gasteiger partial charge is 0.393 e. The quantitative estimate of drug-likeness (QED) is 0.369. The molecule has 0 unspecified atom stereocenters. The highest BCUT2D eigenvalue weighted by Gasteiger charge is 2.21. The van der Waals surface area contributed by atoms with Crippen LogP contribution in [0.3, 0.4) is 0 Å². The van der Waals surface area contributed by atoms with E-state index in [9.17, 15) is 14.9 Å². The molecule has 0 saturated carbocycles. The maximum absolute atomic E-state index is 12.5. The van der Waals surface area contributed by atoms with E-state index in [1.807, 2.05) is 26.0 Å². The first-order chi connectivity index (χ1) is 12.7. The van der Waals surface area contributed by atoms with Gasteiger partial charge in [0, 0.05) is 17.7 Å². The molecular weight excluding hydrogens is 346 g/mol. The van der Waals surface area contributed by atoms with Crippen LogP contribution in [0.2, 0.25) is 0 Å². The molecule has 8 heteroatoms. The minimum absolute atomic E-state index is 0.0395. The number of anilines is 2. The SMILES string of the molecule is Cc1cc(C)cc(-c2cc(NC(=O)c3cc(C)cc([N+](=O)[O-])c3N)n[nH]2)c1. The maximum Gasteiger partial charge on any atom is 0.293 e. The van der Waals surface area contributed by atoms with Crippen molar-refractivity contribution in [2.24, 2.45) is 0 Å². The Kier molecular flexibility index (Phi) is 4.64. The van der Waals surface area contributed by atoms with E-state index < -0.39 is 10.8 Å². The van der Waals surface area contributed by atoms with Crippen molar-refractivity contribution in [3.63, 3.8) is 0 Å². The lowest BCUT2D eigenvalue weighted by molar-refractivity contribution is -0.384. The number of aromatic nitrogens is 2. The highest BCUT2D eigenvalue weighted by molar-refractivity contribution is 6.08. The molecular formula is C19H19N5O3. The van der Waals surface area contributed by atoms with Crippen molar-refractivity contribution in [3.05, 3.63) is 68.8 Å². The van der Waals surface area contributed by atoms with E-state index in [-0.39, 0.29) is 16.9 Å². The molecule has 8 nitrogen and oxygen atoms in total. The van der Waals surface area contributed by atoms with Gasteiger partial charge < -0.3 is 11.1 Å². The van der Waals surface area contributed by atoms with Gasteiger partial charge in [0.2, 0.25) is 0 Å². The number of aryl methyl sites for hydroxylation is 3. The lowest BCUT2D eigenvalue weighted by Gasteiger charge is -2.07. The van der Waals surface area contributed by atoms with Crippen LogP contribution in [0.15, 0.2) is 36.4 Å². The summed E-state index contributed by atoms with van der Waals surface area (Å²) in [5.41, 5.74) is 9.88. The van der Waals surface area contributed by atoms with Crippen molar-refractivity contribution >= 4 is 23.1 Å². The van der Waals surface area contributed by atoms with Crippen molar-refractivity contribution in [2.45, 2.75) is 20.8 Å². The summed E-state index contributed by atoms with van der Waals surface area (Å²) >= 11 is 0. The minimum Gasteiger partial charge on any atom is -0.393 e. The number of nitrogens with one attached hydrogen (secondary N) is 2. The average molecular weight is 365 g/mol. The zero-order chi connectivity index (χ0) is 19.7. The summed E-state index contributed by atoms with van der Waals surface area (Å²) in [7, 11) is 0. The van der Waals surface area contributed by atoms with Crippen molar-refractivity contribution in [1.82, 2.24) is 10.2 Å². The van der Waals surface area contributed by atoms with Crippen LogP contribution in [-0.4, -0.2) is 21.0 Å². The smallest absolute Gasteiger partial charge is 0.293 e. The molecule has 0 radical (unpaired) electrons. The monoisotopic (exact) mass is 365 g/mol. The zero-order valence-corrected chi connectivity index (χ0v) is 15.2. The van der Waals surface area contributed by atoms with Gasteiger partial charge >= 0.3 is 0 Å². The lowest BCUT2D eigenvalue weighted by atomic mass is 10.1. The van der Waals surface area contributed by atoms with Crippen LogP contribution in [0.25, 0.3) is 11.3 Å². The number of H-pyrrole nitrogens is 1. The first kappa shape index (κ1) is 18.1. The Bertz CT molecular complexity index is 1040. The Morgan fingerprint density at radius 3 is 2.33 bits per heavy atom. The number of amides is 1. The Morgan fingerprint density at radius 1 is 1.07 bits per heavy atom. The van der Waals surface area contributed by atoms with Crippen LogP contribution in [0.1, 0.15) is 27.0 Å². The summed E-state index contributed by atoms with van der Waals surface area (Å²) in [6.07, 6.45) is 0. The summed E-state index contributed by atoms with van der Waals surface area (Å²) in [4.78, 5) is 23.0. The van der Waals surface area contributed by atoms with E-state index in [1.54, 1.807) is 13.0 Å². The molecule has 1 amide bonds. The third kappa shape index (κ3) is 3.79. The molecule has 4 N–H and O–H groups in total. The fourth-order valence-corrected chi connectivity index (χ4v) is 2.96. The Balaban J connectivity index is 1.88. The van der Waals surface area contributed by atoms with Crippen molar-refractivity contribution < 1.29 is 9.72 Å². The molecule has 3 rings (SSSR count). The lowest BCUT2D eigenvalue weighted by Crippen LogP contribution is -2.15. The van der Waals surface area contributed by atoms with Gasteiger partial charge in [0.15, 0.2) is 5.82 Å². The molecule has 0 atom stereocenters. The van der Waals surface area contributed by atoms with E-state index in [0.29, 0.717) is 11.4 Å². The van der Waals surface area contributed by atoms with Gasteiger partial charge in [-0.3, -0.25) is 20.0 Å². The van der Waals surface area contributed by atoms with E-state index in [0.717, 1.165) is 22.4 Å². The van der Waals surface area contributed by atoms with Gasteiger partial charge in [-0.2, -0.15) is 5.10 Å². The fraction of sp³-hybridized carbons (Fsp3) is 0.158. The van der Waals surface area contributed by atoms with Crippen molar-refractivity contribution in [1.29, 1.82) is 0 Å². The molecule has 0 bridgehead atoms. The van der Waals surface area contributed by atoms with Gasteiger partial charge in [0.05, 0.1) is 16.2 Å². The van der Waals surface area contributed by atoms with Crippen molar-refractivity contribution in [3.8, 4) is 11.3 Å². The number of hydrogen-bond acceptors (Lipinski definition) is 5. The molecule has 0 spiro atoms. The second-order valence-electron chi connectivity index (χ2n) is 6.50. The summed E-state index contributed by atoms with van der Waals surface area (Å²) in [5, 5.41) is 20.7. The molecule has 138 valence electrons. The summed E-state index contributed by atoms with van der Waals surface area (Å²) in [6.45, 7) is 5.67. The van der Waals surface area contributed by atoms with Crippen LogP contribution < -0.4 is 11.1 Å². The Morgan fingerprint density at radius 2 is 1.70 bits per heavy atom. The first-order valence-corrected chi connectivity index (χ1v) is 8.24. The van der Waals surface area contributed by atoms with Gasteiger partial charge in [-0.25, -0.2) is 0 Å². The number of nitrogen functional groups attached to an aromatic ring is 1. The number of hydrogen-bond donors (Lipinski definition) is 3. The number of benzene rings is 2. The number of nitrogens with two attached hydrogens (primary N) is 1. The highest BCUT2D eigenvalue weighted by atomic mass is 16.6. The predicted octanol–water partition coefficient (Wildman–Crippen LogP) is 3.74. The van der Waals surface area contributed by atoms with Crippen LogP contribution in [0.4, 0.5) is 17.2 Å². The molecule has 3 aromatic rings. The van der Waals surface area contributed by atoms with E-state index >= 15 is 0 Å². The van der Waals surface area contributed by atoms with Crippen LogP contribution in [0.5, 0.6) is 0 Å². The molecule has 0 saturated heterocycles. The molecule has 1 aromatic heterocycles. The van der Waals surface area contributed by atoms with Crippen molar-refractivity contribution in [2.75, 3.05) is 11.1 Å². The second kappa shape index (κ2) is 6.91. The molecule has 1 heterocycles. The maximum atomic E-state index is 12.5. The normalized spacial score (nSPS) is 10.6. The van der Waals surface area contributed by atoms with Crippen LogP contribution in [-0.2, 0) is 0 Å². The standard InChI is InChI=1S/C19H19N5O3/c1-10-4-11(2)6-13(5-10)15-9-17(23-22-15)21-19(25)14-7-12(3)8-16(18(14)20)24(26)27/h4-9H,20H2,1-3H3,(H2,21,22,23,25). The molecule has 2 aromatic carbocycles. The third-order valence-corrected chi connectivity index (χ3v) is 4.10. The number of nitro benzene ring substituents is 1. The van der Waals surface area contributed by atoms with E-state index in [1.165, 1.54) is 12.1 Å². The fourth-order valence-electron chi connectivity index (χ4n) is 2.96. The first-order valence-electron chi connectivity index (χ1n) is 8.24. The van der Waals surface area contributed by atoms with Gasteiger partial charge in [-0.15, -0.1) is 0 Å². The molecule has 0 aliphatic rings. The summed E-state index contributed by atoms with van der Waals surface area (Å²) < 4.78 is 0. The van der Waals surface area contributed by atoms with Gasteiger partial charge in [0.1, 0.15) is 5.69 Å². The number of carbonyl (C=O) groups excluding carboxylic acids is 1. The summed E-state index contributed by atoms with van der Waals surface area (Å²) in [6, 6.07) is 10.6. The Hall–Kier alpha value is -3.68. The number of aromatic amines is 1. The van der Waals surface area contributed by atoms with E-state index in [2.05, 4.69) is 21.6 Å². The Labute approximate surface area is 155 Å². The number of carbonyl (C=O) groups is 1. The zero-order valence-electron chi connectivity index (χ0n) is 15.2. The highest BCUT2D eigenvalue weighted by Crippen LogP contribution is 2.28. The number of nitro groups is 1. The van der Waals surface area contributed by atoms with E-state index in [4.69, 9.17) is 5.73 Å². The minimum atomic E-state index is -0.605. The van der Waals surface area contributed by atoms with Gasteiger partial charge in [0.25, 0.3) is 11.6 Å². The molecule has 27 heavy (non-hydrogen) atoms. The summed E-state index contributed by atoms with van der Waals surface area (Å²) in [5.74, 6) is -0.254. The molecule has 0 fully saturated rings. The molecule has 0 aliphatic carbocycles.